The number of anilines is 1. The number of hydrogen-bond acceptors (Lipinski definition) is 5. The molecule has 1 saturated carbocycles. The van der Waals surface area contributed by atoms with Gasteiger partial charge in [-0.05, 0) is 44.0 Å². The van der Waals surface area contributed by atoms with Crippen molar-refractivity contribution in [2.45, 2.75) is 64.0 Å². The molecule has 0 spiro atoms. The van der Waals surface area contributed by atoms with Crippen LogP contribution in [0.2, 0.25) is 0 Å². The second-order valence-electron chi connectivity index (χ2n) is 8.78. The van der Waals surface area contributed by atoms with Gasteiger partial charge in [-0.2, -0.15) is 0 Å². The van der Waals surface area contributed by atoms with E-state index in [-0.39, 0.29) is 35.5 Å². The van der Waals surface area contributed by atoms with E-state index in [1.807, 2.05) is 19.1 Å². The van der Waals surface area contributed by atoms with Gasteiger partial charge in [0.25, 0.3) is 17.5 Å². The first-order chi connectivity index (χ1) is 15.9. The Labute approximate surface area is 192 Å². The van der Waals surface area contributed by atoms with Crippen LogP contribution in [-0.4, -0.2) is 39.6 Å². The molecule has 0 N–H and O–H groups in total. The molecule has 2 aliphatic rings. The number of non-ortho nitro benzene ring substituents is 1. The van der Waals surface area contributed by atoms with Crippen molar-refractivity contribution >= 4 is 29.1 Å². The highest BCUT2D eigenvalue weighted by Gasteiger charge is 2.46. The molecule has 1 atom stereocenters. The molecule has 172 valence electrons. The van der Waals surface area contributed by atoms with E-state index in [4.69, 9.17) is 0 Å². The topological polar surface area (TPSA) is 101 Å². The van der Waals surface area contributed by atoms with E-state index >= 15 is 0 Å². The maximum absolute atomic E-state index is 13.6. The van der Waals surface area contributed by atoms with Crippen molar-refractivity contribution < 1.29 is 19.3 Å². The Balaban J connectivity index is 1.67. The number of hydrogen-bond donors (Lipinski definition) is 0. The molecule has 4 rings (SSSR count). The van der Waals surface area contributed by atoms with Crippen LogP contribution < -0.4 is 4.90 Å². The van der Waals surface area contributed by atoms with Gasteiger partial charge in [-0.15, -0.1) is 0 Å². The Morgan fingerprint density at radius 2 is 1.58 bits per heavy atom. The zero-order valence-electron chi connectivity index (χ0n) is 18.6. The predicted octanol–water partition coefficient (Wildman–Crippen LogP) is 4.40. The van der Waals surface area contributed by atoms with E-state index in [0.29, 0.717) is 5.69 Å². The van der Waals surface area contributed by atoms with Crippen molar-refractivity contribution in [2.24, 2.45) is 0 Å². The Kier molecular flexibility index (Phi) is 6.53. The van der Waals surface area contributed by atoms with Gasteiger partial charge in [0.05, 0.1) is 17.0 Å². The summed E-state index contributed by atoms with van der Waals surface area (Å²) in [5, 5.41) is 11.0. The molecule has 2 fully saturated rings. The highest BCUT2D eigenvalue weighted by molar-refractivity contribution is 6.23. The molecule has 0 bridgehead atoms. The molecule has 33 heavy (non-hydrogen) atoms. The SMILES string of the molecule is Cc1ccc(N2C(=O)CC(N(C(=O)c3ccc([N+](=O)[O-])cc3)C3CCCCCC3)C2=O)cc1. The summed E-state index contributed by atoms with van der Waals surface area (Å²) in [7, 11) is 0. The lowest BCUT2D eigenvalue weighted by Crippen LogP contribution is -2.50. The molecular formula is C25H27N3O5. The van der Waals surface area contributed by atoms with Crippen LogP contribution in [0.15, 0.2) is 48.5 Å². The molecule has 0 aromatic heterocycles. The summed E-state index contributed by atoms with van der Waals surface area (Å²) in [6.07, 6.45) is 5.51. The summed E-state index contributed by atoms with van der Waals surface area (Å²) < 4.78 is 0. The fraction of sp³-hybridized carbons (Fsp3) is 0.400. The maximum Gasteiger partial charge on any atom is 0.269 e. The molecule has 1 heterocycles. The van der Waals surface area contributed by atoms with Crippen LogP contribution in [0.4, 0.5) is 11.4 Å². The number of aryl methyl sites for hydroxylation is 1. The Morgan fingerprint density at radius 1 is 0.970 bits per heavy atom. The highest BCUT2D eigenvalue weighted by Crippen LogP contribution is 2.32. The Hall–Kier alpha value is -3.55. The van der Waals surface area contributed by atoms with E-state index in [0.717, 1.165) is 44.1 Å². The van der Waals surface area contributed by atoms with E-state index in [2.05, 4.69) is 0 Å². The third-order valence-electron chi connectivity index (χ3n) is 6.53. The quantitative estimate of drug-likeness (QED) is 0.291. The zero-order chi connectivity index (χ0) is 23.5. The Bertz CT molecular complexity index is 1060. The minimum absolute atomic E-state index is 0.0675. The molecule has 2 aromatic rings. The fourth-order valence-electron chi connectivity index (χ4n) is 4.77. The molecule has 1 aliphatic carbocycles. The van der Waals surface area contributed by atoms with Crippen LogP contribution in [-0.2, 0) is 9.59 Å². The molecule has 1 saturated heterocycles. The van der Waals surface area contributed by atoms with E-state index in [1.54, 1.807) is 17.0 Å². The van der Waals surface area contributed by atoms with Crippen molar-refractivity contribution in [2.75, 3.05) is 4.90 Å². The van der Waals surface area contributed by atoms with Crippen LogP contribution >= 0.6 is 0 Å². The van der Waals surface area contributed by atoms with Crippen LogP contribution in [0.25, 0.3) is 0 Å². The van der Waals surface area contributed by atoms with Crippen LogP contribution in [0.3, 0.4) is 0 Å². The molecule has 8 heteroatoms. The number of nitro groups is 1. The largest absolute Gasteiger partial charge is 0.323 e. The third kappa shape index (κ3) is 4.65. The van der Waals surface area contributed by atoms with Gasteiger partial charge in [-0.1, -0.05) is 43.4 Å². The van der Waals surface area contributed by atoms with Gasteiger partial charge < -0.3 is 4.90 Å². The van der Waals surface area contributed by atoms with Crippen molar-refractivity contribution in [1.29, 1.82) is 0 Å². The monoisotopic (exact) mass is 449 g/mol. The molecular weight excluding hydrogens is 422 g/mol. The van der Waals surface area contributed by atoms with Crippen molar-refractivity contribution in [3.8, 4) is 0 Å². The first kappa shape index (κ1) is 22.6. The maximum atomic E-state index is 13.6. The molecule has 8 nitrogen and oxygen atoms in total. The fourth-order valence-corrected chi connectivity index (χ4v) is 4.77. The van der Waals surface area contributed by atoms with Crippen molar-refractivity contribution in [1.82, 2.24) is 4.90 Å². The minimum Gasteiger partial charge on any atom is -0.323 e. The normalized spacial score (nSPS) is 19.4. The van der Waals surface area contributed by atoms with Gasteiger partial charge in [-0.25, -0.2) is 4.90 Å². The van der Waals surface area contributed by atoms with Crippen molar-refractivity contribution in [3.05, 3.63) is 69.8 Å². The first-order valence-electron chi connectivity index (χ1n) is 11.4. The van der Waals surface area contributed by atoms with Crippen LogP contribution in [0.1, 0.15) is 60.9 Å². The lowest BCUT2D eigenvalue weighted by atomic mass is 10.0. The van der Waals surface area contributed by atoms with Crippen molar-refractivity contribution in [3.63, 3.8) is 0 Å². The average Bonchev–Trinajstić information content (AvgIpc) is 2.97. The lowest BCUT2D eigenvalue weighted by Gasteiger charge is -2.35. The average molecular weight is 450 g/mol. The minimum atomic E-state index is -0.885. The molecule has 2 aromatic carbocycles. The predicted molar refractivity (Wildman–Crippen MR) is 123 cm³/mol. The number of rotatable bonds is 5. The summed E-state index contributed by atoms with van der Waals surface area (Å²) in [5.41, 5.74) is 1.69. The first-order valence-corrected chi connectivity index (χ1v) is 11.4. The van der Waals surface area contributed by atoms with Crippen LogP contribution in [0, 0.1) is 17.0 Å². The number of carbonyl (C=O) groups excluding carboxylic acids is 3. The number of carbonyl (C=O) groups is 3. The molecule has 1 aliphatic heterocycles. The smallest absolute Gasteiger partial charge is 0.269 e. The number of benzene rings is 2. The number of nitrogens with zero attached hydrogens (tertiary/aromatic N) is 3. The second kappa shape index (κ2) is 9.52. The summed E-state index contributed by atoms with van der Waals surface area (Å²) >= 11 is 0. The van der Waals surface area contributed by atoms with Gasteiger partial charge in [0.1, 0.15) is 6.04 Å². The van der Waals surface area contributed by atoms with E-state index in [1.165, 1.54) is 29.2 Å². The summed E-state index contributed by atoms with van der Waals surface area (Å²) in [5.74, 6) is -1.10. The summed E-state index contributed by atoms with van der Waals surface area (Å²) in [6, 6.07) is 11.5. The summed E-state index contributed by atoms with van der Waals surface area (Å²) in [6.45, 7) is 1.93. The molecule has 0 radical (unpaired) electrons. The van der Waals surface area contributed by atoms with Gasteiger partial charge in [0.2, 0.25) is 5.91 Å². The van der Waals surface area contributed by atoms with Gasteiger partial charge in [-0.3, -0.25) is 24.5 Å². The Morgan fingerprint density at radius 3 is 2.15 bits per heavy atom. The van der Waals surface area contributed by atoms with Gasteiger partial charge >= 0.3 is 0 Å². The number of amides is 3. The second-order valence-corrected chi connectivity index (χ2v) is 8.78. The van der Waals surface area contributed by atoms with Gasteiger partial charge in [0.15, 0.2) is 0 Å². The standard InChI is InChI=1S/C25H27N3O5/c1-17-8-12-20(13-9-17)27-23(29)16-22(25(27)31)26(19-6-4-2-3-5-7-19)24(30)18-10-14-21(15-11-18)28(32)33/h8-15,19,22H,2-7,16H2,1H3. The lowest BCUT2D eigenvalue weighted by molar-refractivity contribution is -0.384. The zero-order valence-corrected chi connectivity index (χ0v) is 18.6. The highest BCUT2D eigenvalue weighted by atomic mass is 16.6. The number of imide groups is 1. The summed E-state index contributed by atoms with van der Waals surface area (Å²) in [4.78, 5) is 53.3. The third-order valence-corrected chi connectivity index (χ3v) is 6.53. The van der Waals surface area contributed by atoms with Gasteiger partial charge in [0, 0.05) is 23.7 Å². The molecule has 1 unspecified atom stereocenters. The number of nitro benzene ring substituents is 1. The van der Waals surface area contributed by atoms with E-state index in [9.17, 15) is 24.5 Å². The molecule has 3 amide bonds. The van der Waals surface area contributed by atoms with E-state index < -0.39 is 16.9 Å². The van der Waals surface area contributed by atoms with Crippen LogP contribution in [0.5, 0.6) is 0 Å².